The number of ether oxygens (including phenoxy) is 1. The number of hydrogen-bond donors (Lipinski definition) is 1. The summed E-state index contributed by atoms with van der Waals surface area (Å²) in [6, 6.07) is 9.97. The molecule has 1 N–H and O–H groups in total. The van der Waals surface area contributed by atoms with Gasteiger partial charge >= 0.3 is 0 Å². The van der Waals surface area contributed by atoms with Gasteiger partial charge in [0.05, 0.1) is 36.3 Å². The molecule has 0 aliphatic carbocycles. The van der Waals surface area contributed by atoms with E-state index in [2.05, 4.69) is 15.5 Å². The van der Waals surface area contributed by atoms with Crippen LogP contribution in [0.2, 0.25) is 0 Å². The fraction of sp³-hybridized carbons (Fsp3) is 0.300. The molecule has 10 nitrogen and oxygen atoms in total. The number of carbonyl (C=O) groups excluding carboxylic acids is 2. The normalized spacial score (nSPS) is 15.4. The lowest BCUT2D eigenvalue weighted by Crippen LogP contribution is -2.39. The predicted molar refractivity (Wildman–Crippen MR) is 157 cm³/mol. The van der Waals surface area contributed by atoms with Gasteiger partial charge in [-0.2, -0.15) is 0 Å². The van der Waals surface area contributed by atoms with Crippen LogP contribution >= 0.6 is 11.3 Å². The summed E-state index contributed by atoms with van der Waals surface area (Å²) < 4.78 is 27.3. The van der Waals surface area contributed by atoms with Crippen molar-refractivity contribution in [3.05, 3.63) is 70.6 Å². The quantitative estimate of drug-likeness (QED) is 0.269. The number of likely N-dealkylation sites (N-methyl/N-ethyl adjacent to an activating group) is 1. The SMILES string of the molecule is CNC(=O)Cc1cnc(-n2c([C@@H]3CCCC(=O)N3c3ccc(OC)c(F)c3)nc3cc(-c4c(C)noc4C)ccc32)s1. The zero-order valence-corrected chi connectivity index (χ0v) is 24.4. The number of amides is 2. The summed E-state index contributed by atoms with van der Waals surface area (Å²) in [6.45, 7) is 3.76. The highest BCUT2D eigenvalue weighted by Gasteiger charge is 2.35. The van der Waals surface area contributed by atoms with E-state index < -0.39 is 11.9 Å². The molecule has 216 valence electrons. The number of carbonyl (C=O) groups is 2. The van der Waals surface area contributed by atoms with Crippen molar-refractivity contribution in [3.8, 4) is 22.0 Å². The van der Waals surface area contributed by atoms with E-state index in [0.29, 0.717) is 47.2 Å². The largest absolute Gasteiger partial charge is 0.494 e. The third kappa shape index (κ3) is 4.81. The van der Waals surface area contributed by atoms with Crippen molar-refractivity contribution in [2.75, 3.05) is 19.1 Å². The fourth-order valence-corrected chi connectivity index (χ4v) is 6.48. The number of aryl methyl sites for hydroxylation is 2. The number of aromatic nitrogens is 4. The Morgan fingerprint density at radius 2 is 2.07 bits per heavy atom. The lowest BCUT2D eigenvalue weighted by molar-refractivity contribution is -0.121. The van der Waals surface area contributed by atoms with Crippen LogP contribution in [-0.4, -0.2) is 45.7 Å². The third-order valence-electron chi connectivity index (χ3n) is 7.51. The highest BCUT2D eigenvalue weighted by Crippen LogP contribution is 2.40. The number of nitrogens with one attached hydrogen (secondary N) is 1. The molecular formula is C30H29FN6O4S. The number of piperidine rings is 1. The second-order valence-corrected chi connectivity index (χ2v) is 11.3. The Morgan fingerprint density at radius 1 is 1.24 bits per heavy atom. The highest BCUT2D eigenvalue weighted by atomic mass is 32.1. The van der Waals surface area contributed by atoms with Crippen LogP contribution in [0, 0.1) is 19.7 Å². The smallest absolute Gasteiger partial charge is 0.227 e. The molecule has 0 spiro atoms. The van der Waals surface area contributed by atoms with Gasteiger partial charge in [-0.3, -0.25) is 14.2 Å². The van der Waals surface area contributed by atoms with E-state index in [0.717, 1.165) is 27.2 Å². The molecular weight excluding hydrogens is 559 g/mol. The Bertz CT molecular complexity index is 1810. The molecule has 1 aliphatic rings. The van der Waals surface area contributed by atoms with E-state index in [1.165, 1.54) is 30.6 Å². The predicted octanol–water partition coefficient (Wildman–Crippen LogP) is 5.45. The number of nitrogens with zero attached hydrogens (tertiary/aromatic N) is 5. The van der Waals surface area contributed by atoms with E-state index in [4.69, 9.17) is 14.2 Å². The van der Waals surface area contributed by atoms with Crippen molar-refractivity contribution in [1.82, 2.24) is 25.0 Å². The van der Waals surface area contributed by atoms with Crippen LogP contribution in [0.4, 0.5) is 10.1 Å². The van der Waals surface area contributed by atoms with Gasteiger partial charge in [0.1, 0.15) is 11.6 Å². The Hall–Kier alpha value is -4.58. The second kappa shape index (κ2) is 11.0. The van der Waals surface area contributed by atoms with E-state index in [9.17, 15) is 14.0 Å². The first-order valence-corrected chi connectivity index (χ1v) is 14.4. The van der Waals surface area contributed by atoms with Crippen molar-refractivity contribution < 1.29 is 23.2 Å². The average Bonchev–Trinajstić information content (AvgIpc) is 3.68. The molecule has 1 saturated heterocycles. The number of thiazole rings is 1. The van der Waals surface area contributed by atoms with Crippen LogP contribution in [0.3, 0.4) is 0 Å². The van der Waals surface area contributed by atoms with Gasteiger partial charge in [-0.25, -0.2) is 14.4 Å². The van der Waals surface area contributed by atoms with Crippen molar-refractivity contribution >= 4 is 39.9 Å². The molecule has 1 atom stereocenters. The standard InChI is InChI=1S/C30H29FN6O4S/c1-16-28(17(2)41-35-16)18-8-10-23-22(12-18)34-29(37(23)30-33-15-20(42-30)14-26(38)32-3)24-6-5-7-27(39)36(24)19-9-11-25(40-4)21(31)13-19/h8-13,15,24H,5-7,14H2,1-4H3,(H,32,38)/t24-/m0/s1. The molecule has 1 fully saturated rings. The summed E-state index contributed by atoms with van der Waals surface area (Å²) >= 11 is 1.39. The molecule has 2 aromatic carbocycles. The van der Waals surface area contributed by atoms with Crippen molar-refractivity contribution in [2.24, 2.45) is 0 Å². The van der Waals surface area contributed by atoms with Gasteiger partial charge < -0.3 is 19.5 Å². The van der Waals surface area contributed by atoms with Crippen LogP contribution in [0.25, 0.3) is 27.3 Å². The number of fused-ring (bicyclic) bond motifs is 1. The minimum Gasteiger partial charge on any atom is -0.494 e. The third-order valence-corrected chi connectivity index (χ3v) is 8.49. The highest BCUT2D eigenvalue weighted by molar-refractivity contribution is 7.14. The fourth-order valence-electron chi connectivity index (χ4n) is 5.55. The first kappa shape index (κ1) is 27.6. The molecule has 4 heterocycles. The van der Waals surface area contributed by atoms with Crippen LogP contribution in [0.1, 0.15) is 47.5 Å². The molecule has 2 amide bonds. The number of methoxy groups -OCH3 is 1. The van der Waals surface area contributed by atoms with E-state index >= 15 is 0 Å². The summed E-state index contributed by atoms with van der Waals surface area (Å²) in [5, 5.41) is 7.36. The molecule has 0 bridgehead atoms. The van der Waals surface area contributed by atoms with Crippen molar-refractivity contribution in [3.63, 3.8) is 0 Å². The van der Waals surface area contributed by atoms with Gasteiger partial charge in [-0.1, -0.05) is 11.2 Å². The molecule has 0 radical (unpaired) electrons. The van der Waals surface area contributed by atoms with Crippen molar-refractivity contribution in [2.45, 2.75) is 45.6 Å². The maximum absolute atomic E-state index is 14.8. The lowest BCUT2D eigenvalue weighted by Gasteiger charge is -2.35. The number of benzene rings is 2. The minimum absolute atomic E-state index is 0.102. The summed E-state index contributed by atoms with van der Waals surface area (Å²) in [6.07, 6.45) is 3.51. The number of hydrogen-bond acceptors (Lipinski definition) is 8. The molecule has 0 unspecified atom stereocenters. The minimum atomic E-state index is -0.552. The molecule has 6 rings (SSSR count). The van der Waals surface area contributed by atoms with Gasteiger partial charge in [-0.15, -0.1) is 11.3 Å². The maximum atomic E-state index is 14.8. The molecule has 12 heteroatoms. The van der Waals surface area contributed by atoms with Gasteiger partial charge in [0.15, 0.2) is 16.7 Å². The number of imidazole rings is 1. The Morgan fingerprint density at radius 3 is 2.79 bits per heavy atom. The first-order valence-electron chi connectivity index (χ1n) is 13.6. The van der Waals surface area contributed by atoms with Crippen LogP contribution in [-0.2, 0) is 16.0 Å². The lowest BCUT2D eigenvalue weighted by atomic mass is 9.99. The molecule has 0 saturated carbocycles. The Labute approximate surface area is 245 Å². The summed E-state index contributed by atoms with van der Waals surface area (Å²) in [7, 11) is 3.00. The topological polar surface area (TPSA) is 115 Å². The molecule has 3 aromatic heterocycles. The maximum Gasteiger partial charge on any atom is 0.227 e. The molecule has 42 heavy (non-hydrogen) atoms. The van der Waals surface area contributed by atoms with Crippen LogP contribution in [0.15, 0.2) is 47.1 Å². The number of halogens is 1. The molecule has 5 aromatic rings. The zero-order chi connectivity index (χ0) is 29.5. The first-order chi connectivity index (χ1) is 20.3. The number of anilines is 1. The zero-order valence-electron chi connectivity index (χ0n) is 23.6. The van der Waals surface area contributed by atoms with Gasteiger partial charge in [0.2, 0.25) is 11.8 Å². The number of rotatable bonds is 7. The van der Waals surface area contributed by atoms with Crippen LogP contribution < -0.4 is 15.0 Å². The van der Waals surface area contributed by atoms with Gasteiger partial charge in [-0.05, 0) is 56.5 Å². The van der Waals surface area contributed by atoms with Crippen LogP contribution in [0.5, 0.6) is 5.75 Å². The molecule has 1 aliphatic heterocycles. The van der Waals surface area contributed by atoms with E-state index in [1.54, 1.807) is 24.2 Å². The summed E-state index contributed by atoms with van der Waals surface area (Å²) in [4.78, 5) is 37.6. The second-order valence-electron chi connectivity index (χ2n) is 10.2. The monoisotopic (exact) mass is 588 g/mol. The van der Waals surface area contributed by atoms with Crippen molar-refractivity contribution in [1.29, 1.82) is 0 Å². The average molecular weight is 589 g/mol. The van der Waals surface area contributed by atoms with E-state index in [-0.39, 0.29) is 24.0 Å². The Kier molecular flexibility index (Phi) is 7.23. The summed E-state index contributed by atoms with van der Waals surface area (Å²) in [5.74, 6) is 0.622. The van der Waals surface area contributed by atoms with Gasteiger partial charge in [0, 0.05) is 41.9 Å². The summed E-state index contributed by atoms with van der Waals surface area (Å²) in [5.41, 5.74) is 4.50. The van der Waals surface area contributed by atoms with E-state index in [1.807, 2.05) is 36.6 Å². The van der Waals surface area contributed by atoms with Gasteiger partial charge in [0.25, 0.3) is 0 Å². The Balaban J connectivity index is 1.53.